The van der Waals surface area contributed by atoms with E-state index in [1.807, 2.05) is 23.6 Å². The van der Waals surface area contributed by atoms with Gasteiger partial charge < -0.3 is 5.32 Å². The number of halogens is 3. The Hall–Kier alpha value is -0.170. The van der Waals surface area contributed by atoms with Crippen molar-refractivity contribution in [1.29, 1.82) is 0 Å². The summed E-state index contributed by atoms with van der Waals surface area (Å²) in [6.07, 6.45) is 0. The van der Waals surface area contributed by atoms with Gasteiger partial charge in [-0.05, 0) is 55.4 Å². The van der Waals surface area contributed by atoms with E-state index in [1.54, 1.807) is 6.07 Å². The lowest BCUT2D eigenvalue weighted by molar-refractivity contribution is 0.103. The molecule has 1 N–H and O–H groups in total. The van der Waals surface area contributed by atoms with E-state index >= 15 is 0 Å². The van der Waals surface area contributed by atoms with Gasteiger partial charge in [-0.2, -0.15) is 0 Å². The Bertz CT molecular complexity index is 531. The Morgan fingerprint density at radius 2 is 1.82 bits per heavy atom. The monoisotopic (exact) mass is 437 g/mol. The first kappa shape index (κ1) is 13.3. The zero-order valence-electron chi connectivity index (χ0n) is 8.34. The van der Waals surface area contributed by atoms with Crippen LogP contribution in [0.3, 0.4) is 0 Å². The minimum Gasteiger partial charge on any atom is -0.319 e. The second-order valence-electron chi connectivity index (χ2n) is 3.18. The molecule has 0 radical (unpaired) electrons. The zero-order valence-corrected chi connectivity index (χ0v) is 13.9. The summed E-state index contributed by atoms with van der Waals surface area (Å²) in [5.74, 6) is -0.108. The van der Waals surface area contributed by atoms with Gasteiger partial charge in [0, 0.05) is 13.4 Å². The van der Waals surface area contributed by atoms with Gasteiger partial charge in [-0.15, -0.1) is 11.3 Å². The van der Waals surface area contributed by atoms with Crippen LogP contribution in [0.5, 0.6) is 0 Å². The fourth-order valence-electron chi connectivity index (χ4n) is 1.24. The molecule has 2 aromatic rings. The fourth-order valence-corrected chi connectivity index (χ4v) is 4.32. The second kappa shape index (κ2) is 5.65. The lowest BCUT2D eigenvalue weighted by atomic mass is 10.3. The smallest absolute Gasteiger partial charge is 0.265 e. The molecule has 17 heavy (non-hydrogen) atoms. The Morgan fingerprint density at radius 3 is 2.35 bits per heavy atom. The van der Waals surface area contributed by atoms with Crippen LogP contribution in [0, 0.1) is 0 Å². The third-order valence-electron chi connectivity index (χ3n) is 1.99. The normalized spacial score (nSPS) is 10.3. The summed E-state index contributed by atoms with van der Waals surface area (Å²) >= 11 is 11.6. The molecule has 88 valence electrons. The number of hydrogen-bond acceptors (Lipinski definition) is 2. The molecule has 1 aromatic carbocycles. The quantitative estimate of drug-likeness (QED) is 0.677. The largest absolute Gasteiger partial charge is 0.319 e. The van der Waals surface area contributed by atoms with Gasteiger partial charge in [-0.1, -0.05) is 22.0 Å². The minimum absolute atomic E-state index is 0.108. The van der Waals surface area contributed by atoms with Crippen LogP contribution in [0.1, 0.15) is 9.67 Å². The Labute approximate surface area is 128 Å². The van der Waals surface area contributed by atoms with Gasteiger partial charge >= 0.3 is 0 Å². The van der Waals surface area contributed by atoms with E-state index in [1.165, 1.54) is 11.3 Å². The van der Waals surface area contributed by atoms with Crippen molar-refractivity contribution >= 4 is 70.7 Å². The van der Waals surface area contributed by atoms with E-state index in [2.05, 4.69) is 53.1 Å². The van der Waals surface area contributed by atoms with E-state index in [-0.39, 0.29) is 5.91 Å². The predicted molar refractivity (Wildman–Crippen MR) is 81.8 cm³/mol. The van der Waals surface area contributed by atoms with Gasteiger partial charge in [-0.3, -0.25) is 4.79 Å². The molecular formula is C11H6Br3NOS. The molecule has 0 aliphatic heterocycles. The summed E-state index contributed by atoms with van der Waals surface area (Å²) in [6, 6.07) is 7.41. The van der Waals surface area contributed by atoms with Crippen molar-refractivity contribution in [3.63, 3.8) is 0 Å². The summed E-state index contributed by atoms with van der Waals surface area (Å²) < 4.78 is 2.58. The van der Waals surface area contributed by atoms with Crippen molar-refractivity contribution in [3.8, 4) is 0 Å². The Balaban J connectivity index is 2.28. The highest BCUT2D eigenvalue weighted by Crippen LogP contribution is 2.34. The van der Waals surface area contributed by atoms with Crippen molar-refractivity contribution in [3.05, 3.63) is 47.9 Å². The first-order valence-corrected chi connectivity index (χ1v) is 7.83. The molecule has 0 aliphatic carbocycles. The van der Waals surface area contributed by atoms with Crippen molar-refractivity contribution < 1.29 is 4.79 Å². The van der Waals surface area contributed by atoms with Crippen LogP contribution < -0.4 is 5.32 Å². The number of rotatable bonds is 2. The molecule has 0 spiro atoms. The second-order valence-corrected chi connectivity index (χ2v) is 6.75. The van der Waals surface area contributed by atoms with E-state index in [0.717, 1.165) is 19.1 Å². The van der Waals surface area contributed by atoms with E-state index < -0.39 is 0 Å². The van der Waals surface area contributed by atoms with E-state index in [9.17, 15) is 4.79 Å². The van der Waals surface area contributed by atoms with E-state index in [4.69, 9.17) is 0 Å². The molecule has 2 nitrogen and oxygen atoms in total. The molecule has 0 fully saturated rings. The van der Waals surface area contributed by atoms with Gasteiger partial charge in [0.15, 0.2) is 0 Å². The number of anilines is 1. The van der Waals surface area contributed by atoms with Gasteiger partial charge in [0.25, 0.3) is 5.91 Å². The van der Waals surface area contributed by atoms with Crippen LogP contribution in [0.4, 0.5) is 5.69 Å². The molecule has 1 aromatic heterocycles. The molecule has 0 saturated carbocycles. The number of hydrogen-bond donors (Lipinski definition) is 1. The summed E-state index contributed by atoms with van der Waals surface area (Å²) in [5.41, 5.74) is 0.728. The number of thiophene rings is 1. The van der Waals surface area contributed by atoms with Crippen molar-refractivity contribution in [2.45, 2.75) is 0 Å². The lowest BCUT2D eigenvalue weighted by Gasteiger charge is -2.09. The number of carbonyl (C=O) groups is 1. The van der Waals surface area contributed by atoms with Crippen LogP contribution in [0.15, 0.2) is 43.1 Å². The first-order valence-electron chi connectivity index (χ1n) is 4.57. The fraction of sp³-hybridized carbons (Fsp3) is 0. The molecule has 0 unspecified atom stereocenters. The Kier molecular flexibility index (Phi) is 4.41. The van der Waals surface area contributed by atoms with Crippen LogP contribution in [-0.2, 0) is 0 Å². The summed E-state index contributed by atoms with van der Waals surface area (Å²) in [6.45, 7) is 0. The van der Waals surface area contributed by atoms with Gasteiger partial charge in [0.1, 0.15) is 0 Å². The lowest BCUT2D eigenvalue weighted by Crippen LogP contribution is -2.11. The van der Waals surface area contributed by atoms with Crippen LogP contribution in [0.25, 0.3) is 0 Å². The average Bonchev–Trinajstić information content (AvgIpc) is 2.76. The topological polar surface area (TPSA) is 29.1 Å². The maximum Gasteiger partial charge on any atom is 0.265 e. The molecule has 1 amide bonds. The molecular weight excluding hydrogens is 434 g/mol. The van der Waals surface area contributed by atoms with Crippen molar-refractivity contribution in [2.75, 3.05) is 5.32 Å². The SMILES string of the molecule is O=C(Nc1c(Br)cc(Br)cc1Br)c1cccs1. The van der Waals surface area contributed by atoms with Crippen LogP contribution >= 0.6 is 59.1 Å². The predicted octanol–water partition coefficient (Wildman–Crippen LogP) is 5.29. The van der Waals surface area contributed by atoms with Gasteiger partial charge in [0.2, 0.25) is 0 Å². The third-order valence-corrected chi connectivity index (χ3v) is 4.57. The summed E-state index contributed by atoms with van der Waals surface area (Å²) in [4.78, 5) is 12.6. The maximum absolute atomic E-state index is 11.9. The minimum atomic E-state index is -0.108. The van der Waals surface area contributed by atoms with Gasteiger partial charge in [-0.25, -0.2) is 0 Å². The van der Waals surface area contributed by atoms with Crippen molar-refractivity contribution in [2.24, 2.45) is 0 Å². The molecule has 0 saturated heterocycles. The van der Waals surface area contributed by atoms with Crippen LogP contribution in [-0.4, -0.2) is 5.91 Å². The van der Waals surface area contributed by atoms with E-state index in [0.29, 0.717) is 4.88 Å². The summed E-state index contributed by atoms with van der Waals surface area (Å²) in [5, 5.41) is 4.74. The summed E-state index contributed by atoms with van der Waals surface area (Å²) in [7, 11) is 0. The standard InChI is InChI=1S/C11H6Br3NOS/c12-6-4-7(13)10(8(14)5-6)15-11(16)9-2-1-3-17-9/h1-5H,(H,15,16). The van der Waals surface area contributed by atoms with Crippen LogP contribution in [0.2, 0.25) is 0 Å². The molecule has 6 heteroatoms. The number of carbonyl (C=O) groups excluding carboxylic acids is 1. The highest BCUT2D eigenvalue weighted by atomic mass is 79.9. The van der Waals surface area contributed by atoms with Crippen molar-refractivity contribution in [1.82, 2.24) is 0 Å². The molecule has 0 bridgehead atoms. The average molecular weight is 440 g/mol. The third kappa shape index (κ3) is 3.19. The maximum atomic E-state index is 11.9. The van der Waals surface area contributed by atoms with Gasteiger partial charge in [0.05, 0.1) is 10.6 Å². The number of nitrogens with one attached hydrogen (secondary N) is 1. The number of amides is 1. The highest BCUT2D eigenvalue weighted by molar-refractivity contribution is 9.11. The molecule has 0 aliphatic rings. The Morgan fingerprint density at radius 1 is 1.18 bits per heavy atom. The molecule has 2 rings (SSSR count). The first-order chi connectivity index (χ1) is 8.08. The molecule has 1 heterocycles. The highest BCUT2D eigenvalue weighted by Gasteiger charge is 2.12. The zero-order chi connectivity index (χ0) is 12.4. The number of benzene rings is 1. The molecule has 0 atom stereocenters.